The Balaban J connectivity index is 2.13. The maximum atomic E-state index is 2.38. The smallest absolute Gasteiger partial charge is 0.000357 e. The zero-order valence-electron chi connectivity index (χ0n) is 7.43. The predicted octanol–water partition coefficient (Wildman–Crippen LogP) is 1.98. The lowest BCUT2D eigenvalue weighted by atomic mass is 9.76. The van der Waals surface area contributed by atoms with Crippen LogP contribution in [-0.2, 0) is 0 Å². The number of hydrogen-bond acceptors (Lipinski definition) is 1. The Bertz CT molecular complexity index is 94.9. The first-order valence-electron chi connectivity index (χ1n) is 4.35. The average Bonchev–Trinajstić information content (AvgIpc) is 1.55. The largest absolute Gasteiger partial charge is 0.309 e. The number of rotatable bonds is 3. The van der Waals surface area contributed by atoms with E-state index in [0.29, 0.717) is 0 Å². The molecule has 0 aromatic rings. The van der Waals surface area contributed by atoms with Crippen molar-refractivity contribution >= 4 is 0 Å². The first-order chi connectivity index (χ1) is 4.70. The van der Waals surface area contributed by atoms with Gasteiger partial charge in [-0.2, -0.15) is 0 Å². The topological polar surface area (TPSA) is 3.24 Å². The van der Waals surface area contributed by atoms with Crippen molar-refractivity contribution < 1.29 is 0 Å². The van der Waals surface area contributed by atoms with E-state index in [9.17, 15) is 0 Å². The van der Waals surface area contributed by atoms with Gasteiger partial charge in [0, 0.05) is 6.54 Å². The summed E-state index contributed by atoms with van der Waals surface area (Å²) >= 11 is 0. The monoisotopic (exact) mass is 141 g/mol. The molecule has 0 N–H and O–H groups in total. The minimum atomic E-state index is 0.920. The molecule has 0 radical (unpaired) electrons. The van der Waals surface area contributed by atoms with Gasteiger partial charge in [-0.3, -0.25) is 0 Å². The summed E-state index contributed by atoms with van der Waals surface area (Å²) in [5.74, 6) is 1.96. The molecule has 0 amide bonds. The van der Waals surface area contributed by atoms with Crippen molar-refractivity contribution in [3.63, 3.8) is 0 Å². The third kappa shape index (κ3) is 1.98. The molecule has 0 aromatic carbocycles. The van der Waals surface area contributed by atoms with Crippen LogP contribution in [0.1, 0.15) is 26.2 Å². The summed E-state index contributed by atoms with van der Waals surface area (Å²) in [6, 6.07) is 0. The molecule has 1 unspecified atom stereocenters. The molecule has 1 aliphatic carbocycles. The Kier molecular flexibility index (Phi) is 2.72. The maximum absolute atomic E-state index is 2.38. The first kappa shape index (κ1) is 8.06. The van der Waals surface area contributed by atoms with E-state index >= 15 is 0 Å². The van der Waals surface area contributed by atoms with Gasteiger partial charge in [0.2, 0.25) is 0 Å². The molecular weight excluding hydrogens is 122 g/mol. The molecule has 1 aliphatic rings. The summed E-state index contributed by atoms with van der Waals surface area (Å²) in [6.07, 6.45) is 4.44. The lowest BCUT2D eigenvalue weighted by Gasteiger charge is -2.32. The normalized spacial score (nSPS) is 22.8. The molecular formula is C9H19N. The Morgan fingerprint density at radius 2 is 2.00 bits per heavy atom. The second kappa shape index (κ2) is 3.38. The summed E-state index contributed by atoms with van der Waals surface area (Å²) in [6.45, 7) is 3.65. The summed E-state index contributed by atoms with van der Waals surface area (Å²) in [7, 11) is 4.32. The predicted molar refractivity (Wildman–Crippen MR) is 45.1 cm³/mol. The zero-order chi connectivity index (χ0) is 7.56. The lowest BCUT2D eigenvalue weighted by molar-refractivity contribution is 0.181. The lowest BCUT2D eigenvalue weighted by Crippen LogP contribution is -2.29. The number of nitrogens with zero attached hydrogens (tertiary/aromatic N) is 1. The van der Waals surface area contributed by atoms with Crippen molar-refractivity contribution in [3.05, 3.63) is 0 Å². The molecule has 60 valence electrons. The van der Waals surface area contributed by atoms with Crippen LogP contribution in [0.4, 0.5) is 0 Å². The molecule has 1 rings (SSSR count). The van der Waals surface area contributed by atoms with E-state index in [2.05, 4.69) is 25.9 Å². The van der Waals surface area contributed by atoms with Gasteiger partial charge in [-0.1, -0.05) is 26.2 Å². The second-order valence-corrected chi connectivity index (χ2v) is 3.93. The van der Waals surface area contributed by atoms with Gasteiger partial charge in [-0.05, 0) is 25.9 Å². The fraction of sp³-hybridized carbons (Fsp3) is 1.00. The fourth-order valence-corrected chi connectivity index (χ4v) is 1.73. The van der Waals surface area contributed by atoms with E-state index < -0.39 is 0 Å². The van der Waals surface area contributed by atoms with Crippen LogP contribution in [0.25, 0.3) is 0 Å². The maximum Gasteiger partial charge on any atom is 0.000357 e. The van der Waals surface area contributed by atoms with Gasteiger partial charge >= 0.3 is 0 Å². The van der Waals surface area contributed by atoms with Crippen molar-refractivity contribution in [3.8, 4) is 0 Å². The minimum Gasteiger partial charge on any atom is -0.309 e. The molecule has 0 aromatic heterocycles. The summed E-state index contributed by atoms with van der Waals surface area (Å²) < 4.78 is 0. The van der Waals surface area contributed by atoms with Crippen LogP contribution in [0.5, 0.6) is 0 Å². The highest BCUT2D eigenvalue weighted by atomic mass is 15.1. The highest BCUT2D eigenvalue weighted by Gasteiger charge is 2.23. The van der Waals surface area contributed by atoms with E-state index in [1.165, 1.54) is 25.8 Å². The molecule has 10 heavy (non-hydrogen) atoms. The van der Waals surface area contributed by atoms with E-state index in [1.54, 1.807) is 0 Å². The number of hydrogen-bond donors (Lipinski definition) is 0. The van der Waals surface area contributed by atoms with Crippen LogP contribution >= 0.6 is 0 Å². The van der Waals surface area contributed by atoms with Crippen LogP contribution < -0.4 is 0 Å². The fourth-order valence-electron chi connectivity index (χ4n) is 1.73. The third-order valence-corrected chi connectivity index (χ3v) is 2.61. The minimum absolute atomic E-state index is 0.920. The van der Waals surface area contributed by atoms with Gasteiger partial charge < -0.3 is 4.90 Å². The third-order valence-electron chi connectivity index (χ3n) is 2.61. The molecule has 1 saturated carbocycles. The molecule has 0 bridgehead atoms. The average molecular weight is 141 g/mol. The zero-order valence-corrected chi connectivity index (χ0v) is 7.43. The van der Waals surface area contributed by atoms with Crippen molar-refractivity contribution in [2.45, 2.75) is 26.2 Å². The Morgan fingerprint density at radius 3 is 2.30 bits per heavy atom. The standard InChI is InChI=1S/C9H19N/c1-8(7-10(2)3)9-5-4-6-9/h8-9H,4-7H2,1-3H3. The van der Waals surface area contributed by atoms with Gasteiger partial charge in [0.1, 0.15) is 0 Å². The van der Waals surface area contributed by atoms with Crippen molar-refractivity contribution in [1.82, 2.24) is 4.90 Å². The summed E-state index contributed by atoms with van der Waals surface area (Å²) in [5.41, 5.74) is 0. The van der Waals surface area contributed by atoms with E-state index in [-0.39, 0.29) is 0 Å². The molecule has 1 fully saturated rings. The second-order valence-electron chi connectivity index (χ2n) is 3.93. The van der Waals surface area contributed by atoms with Gasteiger partial charge in [0.05, 0.1) is 0 Å². The highest BCUT2D eigenvalue weighted by Crippen LogP contribution is 2.33. The molecule has 0 spiro atoms. The molecule has 0 aliphatic heterocycles. The van der Waals surface area contributed by atoms with E-state index in [0.717, 1.165) is 11.8 Å². The van der Waals surface area contributed by atoms with Crippen LogP contribution in [0, 0.1) is 11.8 Å². The van der Waals surface area contributed by atoms with Crippen LogP contribution in [0.3, 0.4) is 0 Å². The SMILES string of the molecule is CC(CN(C)C)C1CCC1. The van der Waals surface area contributed by atoms with Crippen LogP contribution in [-0.4, -0.2) is 25.5 Å². The molecule has 0 heterocycles. The molecule has 1 atom stereocenters. The quantitative estimate of drug-likeness (QED) is 0.581. The van der Waals surface area contributed by atoms with Crippen molar-refractivity contribution in [2.75, 3.05) is 20.6 Å². The van der Waals surface area contributed by atoms with E-state index in [1.807, 2.05) is 0 Å². The highest BCUT2D eigenvalue weighted by molar-refractivity contribution is 4.75. The summed E-state index contributed by atoms with van der Waals surface area (Å²) in [5, 5.41) is 0. The van der Waals surface area contributed by atoms with Gasteiger partial charge in [-0.25, -0.2) is 0 Å². The van der Waals surface area contributed by atoms with E-state index in [4.69, 9.17) is 0 Å². The van der Waals surface area contributed by atoms with Gasteiger partial charge in [0.25, 0.3) is 0 Å². The van der Waals surface area contributed by atoms with Gasteiger partial charge in [-0.15, -0.1) is 0 Å². The van der Waals surface area contributed by atoms with Crippen LogP contribution in [0.15, 0.2) is 0 Å². The van der Waals surface area contributed by atoms with Crippen molar-refractivity contribution in [1.29, 1.82) is 0 Å². The Morgan fingerprint density at radius 1 is 1.40 bits per heavy atom. The molecule has 0 saturated heterocycles. The van der Waals surface area contributed by atoms with Crippen molar-refractivity contribution in [2.24, 2.45) is 11.8 Å². The Hall–Kier alpha value is -0.0400. The molecule has 1 nitrogen and oxygen atoms in total. The van der Waals surface area contributed by atoms with Gasteiger partial charge in [0.15, 0.2) is 0 Å². The summed E-state index contributed by atoms with van der Waals surface area (Å²) in [4.78, 5) is 2.29. The first-order valence-corrected chi connectivity index (χ1v) is 4.35. The Labute approximate surface area is 64.4 Å². The molecule has 1 heteroatoms. The van der Waals surface area contributed by atoms with Crippen LogP contribution in [0.2, 0.25) is 0 Å².